The third-order valence-corrected chi connectivity index (χ3v) is 6.88. The summed E-state index contributed by atoms with van der Waals surface area (Å²) in [4.78, 5) is 29.0. The summed E-state index contributed by atoms with van der Waals surface area (Å²) in [5.41, 5.74) is 1.72. The highest BCUT2D eigenvalue weighted by molar-refractivity contribution is 7.13. The molecular weight excluding hydrogens is 384 g/mol. The van der Waals surface area contributed by atoms with Gasteiger partial charge in [0.2, 0.25) is 5.91 Å². The van der Waals surface area contributed by atoms with Crippen LogP contribution in [0.1, 0.15) is 31.7 Å². The number of thiophene rings is 1. The van der Waals surface area contributed by atoms with E-state index in [1.807, 2.05) is 11.8 Å². The van der Waals surface area contributed by atoms with Crippen molar-refractivity contribution >= 4 is 23.2 Å². The van der Waals surface area contributed by atoms with E-state index in [0.29, 0.717) is 39.1 Å². The van der Waals surface area contributed by atoms with Crippen LogP contribution in [0, 0.1) is 5.41 Å². The molecule has 29 heavy (non-hydrogen) atoms. The van der Waals surface area contributed by atoms with Gasteiger partial charge in [-0.2, -0.15) is 0 Å². The molecule has 0 saturated carbocycles. The highest BCUT2D eigenvalue weighted by Gasteiger charge is 2.47. The van der Waals surface area contributed by atoms with Crippen LogP contribution in [0.4, 0.5) is 0 Å². The van der Waals surface area contributed by atoms with Gasteiger partial charge in [-0.3, -0.25) is 9.59 Å². The van der Waals surface area contributed by atoms with E-state index < -0.39 is 5.41 Å². The van der Waals surface area contributed by atoms with E-state index in [1.54, 1.807) is 11.3 Å². The predicted octanol–water partition coefficient (Wildman–Crippen LogP) is 3.49. The molecule has 0 aliphatic carbocycles. The molecule has 0 spiro atoms. The molecule has 2 amide bonds. The first kappa shape index (κ1) is 20.1. The van der Waals surface area contributed by atoms with Gasteiger partial charge in [0.1, 0.15) is 6.10 Å². The number of ether oxygens (including phenoxy) is 1. The Morgan fingerprint density at radius 3 is 2.93 bits per heavy atom. The monoisotopic (exact) mass is 412 g/mol. The van der Waals surface area contributed by atoms with E-state index in [1.165, 1.54) is 10.4 Å². The van der Waals surface area contributed by atoms with Crippen molar-refractivity contribution in [3.8, 4) is 10.4 Å². The second-order valence-corrected chi connectivity index (χ2v) is 8.95. The fourth-order valence-corrected chi connectivity index (χ4v) is 5.19. The molecule has 2 fully saturated rings. The molecular formula is C23H28N2O3S. The van der Waals surface area contributed by atoms with Gasteiger partial charge in [-0.1, -0.05) is 30.3 Å². The van der Waals surface area contributed by atoms with Crippen LogP contribution in [0.3, 0.4) is 0 Å². The van der Waals surface area contributed by atoms with Crippen molar-refractivity contribution in [1.29, 1.82) is 0 Å². The Hall–Kier alpha value is -2.18. The van der Waals surface area contributed by atoms with Gasteiger partial charge in [0.25, 0.3) is 5.91 Å². The highest BCUT2D eigenvalue weighted by atomic mass is 32.1. The van der Waals surface area contributed by atoms with Crippen molar-refractivity contribution < 1.29 is 14.3 Å². The van der Waals surface area contributed by atoms with Crippen LogP contribution in [-0.2, 0) is 20.7 Å². The largest absolute Gasteiger partial charge is 0.368 e. The zero-order valence-electron chi connectivity index (χ0n) is 16.9. The molecule has 154 valence electrons. The lowest BCUT2D eigenvalue weighted by atomic mass is 9.79. The van der Waals surface area contributed by atoms with Gasteiger partial charge in [0.15, 0.2) is 0 Å². The number of benzene rings is 1. The summed E-state index contributed by atoms with van der Waals surface area (Å²) >= 11 is 1.71. The first-order chi connectivity index (χ1) is 14.1. The molecule has 1 N–H and O–H groups in total. The van der Waals surface area contributed by atoms with E-state index in [4.69, 9.17) is 4.74 Å². The molecule has 2 aliphatic heterocycles. The lowest BCUT2D eigenvalue weighted by Crippen LogP contribution is -2.46. The predicted molar refractivity (Wildman–Crippen MR) is 115 cm³/mol. The van der Waals surface area contributed by atoms with Crippen LogP contribution in [0.2, 0.25) is 0 Å². The van der Waals surface area contributed by atoms with Gasteiger partial charge in [-0.25, -0.2) is 0 Å². The minimum absolute atomic E-state index is 0.0426. The number of carbonyl (C=O) groups is 2. The maximum atomic E-state index is 13.1. The van der Waals surface area contributed by atoms with Crippen molar-refractivity contribution in [3.63, 3.8) is 0 Å². The van der Waals surface area contributed by atoms with Crippen LogP contribution in [0.15, 0.2) is 41.8 Å². The third kappa shape index (κ3) is 4.23. The topological polar surface area (TPSA) is 58.6 Å². The molecule has 6 heteroatoms. The van der Waals surface area contributed by atoms with Crippen LogP contribution in [0.5, 0.6) is 0 Å². The number of nitrogens with one attached hydrogen (secondary N) is 1. The first-order valence-corrected chi connectivity index (χ1v) is 11.3. The molecule has 1 aromatic heterocycles. The van der Waals surface area contributed by atoms with Gasteiger partial charge >= 0.3 is 0 Å². The average Bonchev–Trinajstić information content (AvgIpc) is 3.49. The lowest BCUT2D eigenvalue weighted by Gasteiger charge is -2.29. The van der Waals surface area contributed by atoms with Crippen LogP contribution in [-0.4, -0.2) is 49.1 Å². The Morgan fingerprint density at radius 2 is 2.21 bits per heavy atom. The number of likely N-dealkylation sites (tertiary alicyclic amines) is 1. The summed E-state index contributed by atoms with van der Waals surface area (Å²) in [5.74, 6) is 0.0881. The fourth-order valence-electron chi connectivity index (χ4n) is 4.46. The third-order valence-electron chi connectivity index (χ3n) is 5.96. The Kier molecular flexibility index (Phi) is 6.01. The van der Waals surface area contributed by atoms with Crippen molar-refractivity contribution in [1.82, 2.24) is 10.2 Å². The second-order valence-electron chi connectivity index (χ2n) is 8.01. The number of hydrogen-bond donors (Lipinski definition) is 1. The minimum Gasteiger partial charge on any atom is -0.368 e. The maximum absolute atomic E-state index is 13.1. The summed E-state index contributed by atoms with van der Waals surface area (Å²) in [5, 5.41) is 5.09. The smallest absolute Gasteiger partial charge is 0.251 e. The summed E-state index contributed by atoms with van der Waals surface area (Å²) < 4.78 is 5.59. The number of nitrogens with zero attached hydrogens (tertiary/aromatic N) is 1. The summed E-state index contributed by atoms with van der Waals surface area (Å²) in [6.07, 6.45) is 2.70. The van der Waals surface area contributed by atoms with E-state index in [-0.39, 0.29) is 17.9 Å². The molecule has 4 rings (SSSR count). The molecule has 0 radical (unpaired) electrons. The number of amides is 2. The Bertz CT molecular complexity index is 861. The van der Waals surface area contributed by atoms with E-state index in [9.17, 15) is 9.59 Å². The van der Waals surface area contributed by atoms with Crippen LogP contribution >= 0.6 is 11.3 Å². The fraction of sp³-hybridized carbons (Fsp3) is 0.478. The Labute approximate surface area is 176 Å². The Balaban J connectivity index is 1.56. The zero-order chi connectivity index (χ0) is 20.3. The second kappa shape index (κ2) is 8.67. The number of hydrogen-bond acceptors (Lipinski definition) is 4. The van der Waals surface area contributed by atoms with E-state index in [2.05, 4.69) is 47.1 Å². The van der Waals surface area contributed by atoms with Crippen LogP contribution < -0.4 is 5.32 Å². The molecule has 2 saturated heterocycles. The van der Waals surface area contributed by atoms with Crippen molar-refractivity contribution in [3.05, 3.63) is 47.3 Å². The summed E-state index contributed by atoms with van der Waals surface area (Å²) in [7, 11) is 0. The molecule has 3 heterocycles. The summed E-state index contributed by atoms with van der Waals surface area (Å²) in [6, 6.07) is 12.6. The summed E-state index contributed by atoms with van der Waals surface area (Å²) in [6.45, 7) is 4.26. The van der Waals surface area contributed by atoms with Crippen LogP contribution in [0.25, 0.3) is 10.4 Å². The van der Waals surface area contributed by atoms with Crippen molar-refractivity contribution in [2.45, 2.75) is 38.7 Å². The molecule has 0 unspecified atom stereocenters. The minimum atomic E-state index is -0.585. The SMILES string of the molecule is CCNC(=O)[C@@]1(Cc2cccc(-c3cccs3)c2)CCN(C(=O)[C@@H]2CCCO2)C1. The molecule has 5 nitrogen and oxygen atoms in total. The zero-order valence-corrected chi connectivity index (χ0v) is 17.7. The Morgan fingerprint density at radius 1 is 1.31 bits per heavy atom. The lowest BCUT2D eigenvalue weighted by molar-refractivity contribution is -0.141. The van der Waals surface area contributed by atoms with Gasteiger partial charge in [-0.05, 0) is 55.2 Å². The van der Waals surface area contributed by atoms with Gasteiger partial charge in [0.05, 0.1) is 5.41 Å². The van der Waals surface area contributed by atoms with Crippen molar-refractivity contribution in [2.24, 2.45) is 5.41 Å². The van der Waals surface area contributed by atoms with Gasteiger partial charge in [-0.15, -0.1) is 11.3 Å². The quantitative estimate of drug-likeness (QED) is 0.790. The first-order valence-electron chi connectivity index (χ1n) is 10.4. The molecule has 0 bridgehead atoms. The number of carbonyl (C=O) groups excluding carboxylic acids is 2. The molecule has 2 atom stereocenters. The molecule has 1 aromatic carbocycles. The normalized spacial score (nSPS) is 24.0. The molecule has 2 aliphatic rings. The standard InChI is InChI=1S/C23H28N2O3S/c1-2-24-22(27)23(10-11-25(16-23)21(26)19-8-4-12-28-19)15-17-6-3-7-18(14-17)20-9-5-13-29-20/h3,5-7,9,13-14,19H,2,4,8,10-12,15-16H2,1H3,(H,24,27)/t19-,23+/m0/s1. The van der Waals surface area contributed by atoms with Gasteiger partial charge in [0, 0.05) is 31.1 Å². The van der Waals surface area contributed by atoms with Crippen molar-refractivity contribution in [2.75, 3.05) is 26.2 Å². The maximum Gasteiger partial charge on any atom is 0.251 e. The highest BCUT2D eigenvalue weighted by Crippen LogP contribution is 2.37. The van der Waals surface area contributed by atoms with E-state index in [0.717, 1.165) is 18.4 Å². The molecule has 2 aromatic rings. The average molecular weight is 413 g/mol. The van der Waals surface area contributed by atoms with Gasteiger partial charge < -0.3 is 15.0 Å². The van der Waals surface area contributed by atoms with E-state index >= 15 is 0 Å². The number of rotatable bonds is 6.